The molecule has 0 saturated heterocycles. The topological polar surface area (TPSA) is 122 Å². The Kier molecular flexibility index (Phi) is 6.70. The quantitative estimate of drug-likeness (QED) is 0.647. The molecule has 0 unspecified atom stereocenters. The lowest BCUT2D eigenvalue weighted by atomic mass is 10.2. The third kappa shape index (κ3) is 6.19. The van der Waals surface area contributed by atoms with E-state index in [0.717, 1.165) is 5.56 Å². The van der Waals surface area contributed by atoms with Gasteiger partial charge >= 0.3 is 12.1 Å². The van der Waals surface area contributed by atoms with E-state index in [1.54, 1.807) is 0 Å². The first-order chi connectivity index (χ1) is 12.4. The van der Waals surface area contributed by atoms with E-state index in [-0.39, 0.29) is 24.5 Å². The fraction of sp³-hybridized carbons (Fsp3) is 0.176. The molecule has 0 fully saturated rings. The second kappa shape index (κ2) is 8.97. The number of aliphatic carboxylic acids is 1. The minimum atomic E-state index is -3.80. The highest BCUT2D eigenvalue weighted by molar-refractivity contribution is 7.89. The number of nitrogens with one attached hydrogen (secondary N) is 2. The highest BCUT2D eigenvalue weighted by Crippen LogP contribution is 2.14. The first-order valence-electron chi connectivity index (χ1n) is 7.66. The molecule has 26 heavy (non-hydrogen) atoms. The van der Waals surface area contributed by atoms with Gasteiger partial charge in [-0.15, -0.1) is 0 Å². The molecule has 1 amide bonds. The lowest BCUT2D eigenvalue weighted by Gasteiger charge is -2.09. The first-order valence-corrected chi connectivity index (χ1v) is 9.14. The first kappa shape index (κ1) is 19.4. The monoisotopic (exact) mass is 378 g/mol. The van der Waals surface area contributed by atoms with Crippen molar-refractivity contribution in [2.45, 2.75) is 17.9 Å². The van der Waals surface area contributed by atoms with Crippen LogP contribution in [0.25, 0.3) is 0 Å². The third-order valence-electron chi connectivity index (χ3n) is 3.25. The van der Waals surface area contributed by atoms with Crippen molar-refractivity contribution in [3.63, 3.8) is 0 Å². The van der Waals surface area contributed by atoms with Crippen LogP contribution in [-0.4, -0.2) is 32.1 Å². The molecule has 0 radical (unpaired) electrons. The van der Waals surface area contributed by atoms with Gasteiger partial charge < -0.3 is 9.84 Å². The number of carboxylic acids is 1. The molecular weight excluding hydrogens is 360 g/mol. The molecule has 0 aliphatic heterocycles. The molecule has 0 aromatic heterocycles. The zero-order valence-electron chi connectivity index (χ0n) is 13.7. The van der Waals surface area contributed by atoms with Gasteiger partial charge in [0.05, 0.1) is 11.3 Å². The van der Waals surface area contributed by atoms with Crippen LogP contribution in [0.5, 0.6) is 0 Å². The smallest absolute Gasteiger partial charge is 0.411 e. The summed E-state index contributed by atoms with van der Waals surface area (Å²) >= 11 is 0. The summed E-state index contributed by atoms with van der Waals surface area (Å²) in [5, 5.41) is 11.0. The molecule has 0 aliphatic carbocycles. The van der Waals surface area contributed by atoms with E-state index < -0.39 is 22.1 Å². The summed E-state index contributed by atoms with van der Waals surface area (Å²) in [6, 6.07) is 14.6. The number of carbonyl (C=O) groups excluding carboxylic acids is 1. The average molecular weight is 378 g/mol. The fourth-order valence-electron chi connectivity index (χ4n) is 1.97. The van der Waals surface area contributed by atoms with Gasteiger partial charge in [0.15, 0.2) is 0 Å². The molecule has 2 aromatic rings. The molecule has 0 aliphatic rings. The Balaban J connectivity index is 1.88. The number of ether oxygens (including phenoxy) is 1. The summed E-state index contributed by atoms with van der Waals surface area (Å²) in [7, 11) is -3.80. The second-order valence-corrected chi connectivity index (χ2v) is 7.02. The van der Waals surface area contributed by atoms with Crippen LogP contribution in [-0.2, 0) is 26.2 Å². The van der Waals surface area contributed by atoms with Crippen LogP contribution in [0.1, 0.15) is 12.0 Å². The highest BCUT2D eigenvalue weighted by atomic mass is 32.2. The molecule has 8 nitrogen and oxygen atoms in total. The van der Waals surface area contributed by atoms with Crippen molar-refractivity contribution in [3.05, 3.63) is 60.2 Å². The van der Waals surface area contributed by atoms with E-state index in [2.05, 4.69) is 10.0 Å². The van der Waals surface area contributed by atoms with Crippen LogP contribution in [0.2, 0.25) is 0 Å². The van der Waals surface area contributed by atoms with Gasteiger partial charge in [0.2, 0.25) is 10.0 Å². The number of carbonyl (C=O) groups is 2. The SMILES string of the molecule is O=C(O)CCNS(=O)(=O)c1ccc(NC(=O)OCc2ccccc2)cc1. The van der Waals surface area contributed by atoms with E-state index in [4.69, 9.17) is 9.84 Å². The maximum atomic E-state index is 12.0. The molecule has 3 N–H and O–H groups in total. The lowest BCUT2D eigenvalue weighted by molar-refractivity contribution is -0.136. The molecule has 2 rings (SSSR count). The minimum Gasteiger partial charge on any atom is -0.481 e. The Morgan fingerprint density at radius 1 is 1.00 bits per heavy atom. The summed E-state index contributed by atoms with van der Waals surface area (Å²) in [6.45, 7) is -0.0872. The second-order valence-electron chi connectivity index (χ2n) is 5.25. The van der Waals surface area contributed by atoms with E-state index >= 15 is 0 Å². The Labute approximate surface area is 150 Å². The van der Waals surface area contributed by atoms with Crippen LogP contribution in [0.15, 0.2) is 59.5 Å². The van der Waals surface area contributed by atoms with Crippen LogP contribution >= 0.6 is 0 Å². The fourth-order valence-corrected chi connectivity index (χ4v) is 3.00. The molecule has 2 aromatic carbocycles. The molecule has 0 spiro atoms. The van der Waals surface area contributed by atoms with Crippen LogP contribution in [0.3, 0.4) is 0 Å². The number of hydrogen-bond acceptors (Lipinski definition) is 5. The normalized spacial score (nSPS) is 10.9. The van der Waals surface area contributed by atoms with Gasteiger partial charge in [0.1, 0.15) is 6.61 Å². The number of anilines is 1. The van der Waals surface area contributed by atoms with Crippen LogP contribution < -0.4 is 10.0 Å². The van der Waals surface area contributed by atoms with Crippen LogP contribution in [0, 0.1) is 0 Å². The molecular formula is C17H18N2O6S. The molecule has 9 heteroatoms. The Hall–Kier alpha value is -2.91. The van der Waals surface area contributed by atoms with E-state index in [1.165, 1.54) is 24.3 Å². The molecule has 0 saturated carbocycles. The van der Waals surface area contributed by atoms with Crippen molar-refractivity contribution in [1.29, 1.82) is 0 Å². The van der Waals surface area contributed by atoms with Crippen molar-refractivity contribution < 1.29 is 27.9 Å². The van der Waals surface area contributed by atoms with Gasteiger partial charge in [-0.1, -0.05) is 30.3 Å². The maximum absolute atomic E-state index is 12.0. The number of carboxylic acid groups (broad SMARTS) is 1. The molecule has 0 bridgehead atoms. The standard InChI is InChI=1S/C17H18N2O6S/c20-16(21)10-11-18-26(23,24)15-8-6-14(7-9-15)19-17(22)25-12-13-4-2-1-3-5-13/h1-9,18H,10-12H2,(H,19,22)(H,20,21). The van der Waals surface area contributed by atoms with Gasteiger partial charge in [0.25, 0.3) is 0 Å². The summed E-state index contributed by atoms with van der Waals surface area (Å²) in [5.74, 6) is -1.10. The van der Waals surface area contributed by atoms with Crippen molar-refractivity contribution in [1.82, 2.24) is 4.72 Å². The molecule has 0 atom stereocenters. The predicted molar refractivity (Wildman–Crippen MR) is 94.1 cm³/mol. The van der Waals surface area contributed by atoms with Crippen molar-refractivity contribution in [2.75, 3.05) is 11.9 Å². The van der Waals surface area contributed by atoms with Crippen molar-refractivity contribution in [3.8, 4) is 0 Å². The maximum Gasteiger partial charge on any atom is 0.411 e. The number of amides is 1. The Morgan fingerprint density at radius 3 is 2.27 bits per heavy atom. The summed E-state index contributed by atoms with van der Waals surface area (Å²) in [4.78, 5) is 22.1. The number of rotatable bonds is 8. The number of hydrogen-bond donors (Lipinski definition) is 3. The zero-order chi connectivity index (χ0) is 19.0. The van der Waals surface area contributed by atoms with Crippen molar-refractivity contribution in [2.24, 2.45) is 0 Å². The zero-order valence-corrected chi connectivity index (χ0v) is 14.5. The third-order valence-corrected chi connectivity index (χ3v) is 4.73. The summed E-state index contributed by atoms with van der Waals surface area (Å²) < 4.78 is 31.2. The number of sulfonamides is 1. The van der Waals surface area contributed by atoms with Crippen LogP contribution in [0.4, 0.5) is 10.5 Å². The summed E-state index contributed by atoms with van der Waals surface area (Å²) in [5.41, 5.74) is 1.21. The van der Waals surface area contributed by atoms with E-state index in [1.807, 2.05) is 30.3 Å². The van der Waals surface area contributed by atoms with Crippen molar-refractivity contribution >= 4 is 27.8 Å². The van der Waals surface area contributed by atoms with Gasteiger partial charge in [-0.05, 0) is 29.8 Å². The highest BCUT2D eigenvalue weighted by Gasteiger charge is 2.14. The Morgan fingerprint density at radius 2 is 1.65 bits per heavy atom. The van der Waals surface area contributed by atoms with E-state index in [9.17, 15) is 18.0 Å². The molecule has 0 heterocycles. The number of benzene rings is 2. The largest absolute Gasteiger partial charge is 0.481 e. The van der Waals surface area contributed by atoms with Gasteiger partial charge in [-0.25, -0.2) is 17.9 Å². The van der Waals surface area contributed by atoms with E-state index in [0.29, 0.717) is 5.69 Å². The average Bonchev–Trinajstić information content (AvgIpc) is 2.61. The van der Waals surface area contributed by atoms with Gasteiger partial charge in [0, 0.05) is 12.2 Å². The van der Waals surface area contributed by atoms with Gasteiger partial charge in [-0.2, -0.15) is 0 Å². The lowest BCUT2D eigenvalue weighted by Crippen LogP contribution is -2.26. The summed E-state index contributed by atoms with van der Waals surface area (Å²) in [6.07, 6.45) is -0.976. The predicted octanol–water partition coefficient (Wildman–Crippen LogP) is 2.19. The van der Waals surface area contributed by atoms with Gasteiger partial charge in [-0.3, -0.25) is 10.1 Å². The molecule has 138 valence electrons. The minimum absolute atomic E-state index is 0.0360. The Bertz CT molecular complexity index is 851.